The van der Waals surface area contributed by atoms with E-state index < -0.39 is 0 Å². The number of hydrogen-bond acceptors (Lipinski definition) is 3. The molecule has 118 valence electrons. The predicted molar refractivity (Wildman–Crippen MR) is 89.0 cm³/mol. The van der Waals surface area contributed by atoms with Crippen molar-refractivity contribution in [3.63, 3.8) is 0 Å². The van der Waals surface area contributed by atoms with Crippen molar-refractivity contribution in [1.29, 1.82) is 0 Å². The van der Waals surface area contributed by atoms with Crippen LogP contribution in [0.4, 0.5) is 0 Å². The predicted octanol–water partition coefficient (Wildman–Crippen LogP) is 3.25. The van der Waals surface area contributed by atoms with Crippen molar-refractivity contribution in [2.24, 2.45) is 5.92 Å². The Bertz CT molecular complexity index is 461. The van der Waals surface area contributed by atoms with Gasteiger partial charge in [-0.1, -0.05) is 33.3 Å². The summed E-state index contributed by atoms with van der Waals surface area (Å²) in [6.45, 7) is 9.20. The van der Waals surface area contributed by atoms with Gasteiger partial charge in [-0.25, -0.2) is 0 Å². The molecule has 0 saturated heterocycles. The summed E-state index contributed by atoms with van der Waals surface area (Å²) in [5.41, 5.74) is 2.87. The van der Waals surface area contributed by atoms with Gasteiger partial charge in [0.15, 0.2) is 0 Å². The largest absolute Gasteiger partial charge is 0.497 e. The zero-order chi connectivity index (χ0) is 15.4. The van der Waals surface area contributed by atoms with Gasteiger partial charge in [-0.2, -0.15) is 0 Å². The molecule has 1 aliphatic carbocycles. The lowest BCUT2D eigenvalue weighted by Crippen LogP contribution is -2.44. The van der Waals surface area contributed by atoms with E-state index in [1.807, 2.05) is 0 Å². The number of likely N-dealkylation sites (N-methyl/N-ethyl adjacent to an activating group) is 2. The van der Waals surface area contributed by atoms with E-state index >= 15 is 0 Å². The van der Waals surface area contributed by atoms with E-state index in [4.69, 9.17) is 4.74 Å². The van der Waals surface area contributed by atoms with Gasteiger partial charge in [-0.3, -0.25) is 4.90 Å². The van der Waals surface area contributed by atoms with Crippen LogP contribution in [-0.2, 0) is 6.42 Å². The van der Waals surface area contributed by atoms with Gasteiger partial charge < -0.3 is 10.1 Å². The Morgan fingerprint density at radius 1 is 1.38 bits per heavy atom. The molecule has 0 amide bonds. The Kier molecular flexibility index (Phi) is 5.65. The molecule has 0 spiro atoms. The van der Waals surface area contributed by atoms with Gasteiger partial charge in [0, 0.05) is 18.6 Å². The second kappa shape index (κ2) is 7.28. The zero-order valence-corrected chi connectivity index (χ0v) is 14.1. The van der Waals surface area contributed by atoms with Crippen LogP contribution in [0, 0.1) is 5.92 Å². The summed E-state index contributed by atoms with van der Waals surface area (Å²) in [5, 5.41) is 3.53. The first-order valence-electron chi connectivity index (χ1n) is 8.22. The lowest BCUT2D eigenvalue weighted by Gasteiger charge is -2.34. The fourth-order valence-corrected chi connectivity index (χ4v) is 3.44. The van der Waals surface area contributed by atoms with E-state index in [0.717, 1.165) is 24.6 Å². The minimum atomic E-state index is 0.402. The van der Waals surface area contributed by atoms with Gasteiger partial charge in [0.2, 0.25) is 0 Å². The molecule has 2 rings (SSSR count). The Hall–Kier alpha value is -1.06. The lowest BCUT2D eigenvalue weighted by molar-refractivity contribution is 0.154. The second-order valence-corrected chi connectivity index (χ2v) is 6.20. The molecule has 0 saturated carbocycles. The number of benzene rings is 1. The van der Waals surface area contributed by atoms with Crippen LogP contribution in [0.5, 0.6) is 5.75 Å². The Balaban J connectivity index is 2.22. The Morgan fingerprint density at radius 2 is 2.14 bits per heavy atom. The van der Waals surface area contributed by atoms with Crippen LogP contribution < -0.4 is 10.1 Å². The monoisotopic (exact) mass is 290 g/mol. The van der Waals surface area contributed by atoms with Crippen LogP contribution in [0.25, 0.3) is 0 Å². The maximum absolute atomic E-state index is 5.39. The topological polar surface area (TPSA) is 24.5 Å². The highest BCUT2D eigenvalue weighted by atomic mass is 16.5. The molecule has 3 heteroatoms. The van der Waals surface area contributed by atoms with Gasteiger partial charge in [0.25, 0.3) is 0 Å². The van der Waals surface area contributed by atoms with Crippen molar-refractivity contribution in [2.75, 3.05) is 27.2 Å². The molecule has 3 unspecified atom stereocenters. The second-order valence-electron chi connectivity index (χ2n) is 6.20. The first-order chi connectivity index (χ1) is 10.1. The van der Waals surface area contributed by atoms with E-state index in [0.29, 0.717) is 12.1 Å². The summed E-state index contributed by atoms with van der Waals surface area (Å²) in [6, 6.07) is 7.47. The van der Waals surface area contributed by atoms with E-state index in [1.54, 1.807) is 7.11 Å². The molecule has 0 radical (unpaired) electrons. The molecule has 1 aromatic rings. The first-order valence-corrected chi connectivity index (χ1v) is 8.22. The molecule has 3 atom stereocenters. The summed E-state index contributed by atoms with van der Waals surface area (Å²) in [7, 11) is 3.81. The molecule has 1 aliphatic rings. The van der Waals surface area contributed by atoms with Crippen molar-refractivity contribution < 1.29 is 4.74 Å². The Labute approximate surface area is 129 Å². The number of methoxy groups -OCH3 is 1. The maximum Gasteiger partial charge on any atom is 0.119 e. The molecule has 1 N–H and O–H groups in total. The smallest absolute Gasteiger partial charge is 0.119 e. The van der Waals surface area contributed by atoms with Crippen LogP contribution in [0.15, 0.2) is 18.2 Å². The summed E-state index contributed by atoms with van der Waals surface area (Å²) in [4.78, 5) is 2.64. The summed E-state index contributed by atoms with van der Waals surface area (Å²) >= 11 is 0. The molecular formula is C18H30N2O. The molecule has 21 heavy (non-hydrogen) atoms. The SMILES string of the molecule is CCC(C)CN(CC)C1Cc2ccc(OC)cc2C1NC. The molecule has 0 aromatic heterocycles. The standard InChI is InChI=1S/C18H30N2O/c1-6-13(3)12-20(7-2)17-10-14-8-9-15(21-5)11-16(14)18(17)19-4/h8-9,11,13,17-19H,6-7,10,12H2,1-5H3. The van der Waals surface area contributed by atoms with Crippen molar-refractivity contribution in [1.82, 2.24) is 10.2 Å². The molecule has 0 fully saturated rings. The Morgan fingerprint density at radius 3 is 2.71 bits per heavy atom. The highest BCUT2D eigenvalue weighted by Crippen LogP contribution is 2.36. The third-order valence-corrected chi connectivity index (χ3v) is 4.93. The lowest BCUT2D eigenvalue weighted by atomic mass is 10.0. The third kappa shape index (κ3) is 3.41. The molecule has 3 nitrogen and oxygen atoms in total. The van der Waals surface area contributed by atoms with Gasteiger partial charge in [-0.15, -0.1) is 0 Å². The fourth-order valence-electron chi connectivity index (χ4n) is 3.44. The average molecular weight is 290 g/mol. The van der Waals surface area contributed by atoms with Gasteiger partial charge >= 0.3 is 0 Å². The number of nitrogens with zero attached hydrogens (tertiary/aromatic N) is 1. The minimum absolute atomic E-state index is 0.402. The average Bonchev–Trinajstić information content (AvgIpc) is 2.89. The van der Waals surface area contributed by atoms with Crippen LogP contribution >= 0.6 is 0 Å². The van der Waals surface area contributed by atoms with E-state index in [9.17, 15) is 0 Å². The summed E-state index contributed by atoms with van der Waals surface area (Å²) in [6.07, 6.45) is 2.38. The summed E-state index contributed by atoms with van der Waals surface area (Å²) in [5.74, 6) is 1.71. The van der Waals surface area contributed by atoms with E-state index in [1.165, 1.54) is 24.1 Å². The van der Waals surface area contributed by atoms with Gasteiger partial charge in [0.1, 0.15) is 5.75 Å². The number of fused-ring (bicyclic) bond motifs is 1. The van der Waals surface area contributed by atoms with Crippen LogP contribution in [0.1, 0.15) is 44.4 Å². The van der Waals surface area contributed by atoms with Crippen LogP contribution in [0.3, 0.4) is 0 Å². The first kappa shape index (κ1) is 16.3. The number of rotatable bonds is 7. The van der Waals surface area contributed by atoms with E-state index in [2.05, 4.69) is 56.2 Å². The minimum Gasteiger partial charge on any atom is -0.497 e. The normalized spacial score (nSPS) is 22.4. The van der Waals surface area contributed by atoms with Crippen molar-refractivity contribution in [2.45, 2.75) is 45.7 Å². The van der Waals surface area contributed by atoms with Crippen molar-refractivity contribution in [3.8, 4) is 5.75 Å². The van der Waals surface area contributed by atoms with Crippen LogP contribution in [0.2, 0.25) is 0 Å². The number of ether oxygens (including phenoxy) is 1. The fraction of sp³-hybridized carbons (Fsp3) is 0.667. The molecule has 0 bridgehead atoms. The van der Waals surface area contributed by atoms with Gasteiger partial charge in [0.05, 0.1) is 7.11 Å². The van der Waals surface area contributed by atoms with Gasteiger partial charge in [-0.05, 0) is 49.2 Å². The maximum atomic E-state index is 5.39. The zero-order valence-electron chi connectivity index (χ0n) is 14.1. The van der Waals surface area contributed by atoms with E-state index in [-0.39, 0.29) is 0 Å². The molecular weight excluding hydrogens is 260 g/mol. The number of nitrogens with one attached hydrogen (secondary N) is 1. The van der Waals surface area contributed by atoms with Crippen molar-refractivity contribution in [3.05, 3.63) is 29.3 Å². The highest BCUT2D eigenvalue weighted by Gasteiger charge is 2.35. The van der Waals surface area contributed by atoms with Crippen LogP contribution in [-0.4, -0.2) is 38.2 Å². The summed E-state index contributed by atoms with van der Waals surface area (Å²) < 4.78 is 5.39. The molecule has 0 aliphatic heterocycles. The number of hydrogen-bond donors (Lipinski definition) is 1. The molecule has 1 aromatic carbocycles. The quantitative estimate of drug-likeness (QED) is 0.834. The molecule has 0 heterocycles. The highest BCUT2D eigenvalue weighted by molar-refractivity contribution is 5.42. The third-order valence-electron chi connectivity index (χ3n) is 4.93. The van der Waals surface area contributed by atoms with Crippen molar-refractivity contribution >= 4 is 0 Å².